The summed E-state index contributed by atoms with van der Waals surface area (Å²) in [5.74, 6) is -0.527. The summed E-state index contributed by atoms with van der Waals surface area (Å²) in [6.07, 6.45) is 3.12. The number of aryl methyl sites for hydroxylation is 1. The van der Waals surface area contributed by atoms with Crippen LogP contribution in [-0.4, -0.2) is 20.3 Å². The molecule has 0 atom stereocenters. The first kappa shape index (κ1) is 18.4. The summed E-state index contributed by atoms with van der Waals surface area (Å²) in [4.78, 5) is 21.4. The van der Waals surface area contributed by atoms with Crippen molar-refractivity contribution in [3.63, 3.8) is 0 Å². The van der Waals surface area contributed by atoms with Crippen LogP contribution in [0.5, 0.6) is 0 Å². The average molecular weight is 416 g/mol. The number of rotatable bonds is 4. The highest BCUT2D eigenvalue weighted by Gasteiger charge is 2.10. The number of benzene rings is 2. The van der Waals surface area contributed by atoms with Gasteiger partial charge >= 0.3 is 0 Å². The molecule has 30 heavy (non-hydrogen) atoms. The van der Waals surface area contributed by atoms with Gasteiger partial charge in [-0.15, -0.1) is 11.3 Å². The van der Waals surface area contributed by atoms with E-state index in [0.29, 0.717) is 17.0 Å². The number of fused-ring (bicyclic) bond motifs is 2. The lowest BCUT2D eigenvalue weighted by atomic mass is 10.2. The largest absolute Gasteiger partial charge is 0.326 e. The molecule has 7 heteroatoms. The number of hydrogen-bond donors (Lipinski definition) is 1. The minimum atomic E-state index is -0.348. The molecule has 0 bridgehead atoms. The minimum absolute atomic E-state index is 0.113. The fourth-order valence-corrected chi connectivity index (χ4v) is 4.39. The third-order valence-electron chi connectivity index (χ3n) is 4.77. The lowest BCUT2D eigenvalue weighted by Gasteiger charge is -2.04. The first-order valence-corrected chi connectivity index (χ1v) is 10.3. The van der Waals surface area contributed by atoms with Gasteiger partial charge in [0.2, 0.25) is 5.91 Å². The van der Waals surface area contributed by atoms with Crippen molar-refractivity contribution >= 4 is 38.8 Å². The summed E-state index contributed by atoms with van der Waals surface area (Å²) < 4.78 is 16.0. The molecule has 0 fully saturated rings. The quantitative estimate of drug-likeness (QED) is 0.436. The Bertz CT molecular complexity index is 1390. The molecule has 0 aliphatic heterocycles. The number of anilines is 1. The van der Waals surface area contributed by atoms with E-state index in [1.165, 1.54) is 17.8 Å². The van der Waals surface area contributed by atoms with E-state index in [1.807, 2.05) is 30.3 Å². The number of nitrogens with one attached hydrogen (secondary N) is 1. The molecule has 0 unspecified atom stereocenters. The minimum Gasteiger partial charge on any atom is -0.326 e. The molecular formula is C23H17FN4OS. The van der Waals surface area contributed by atoms with Crippen molar-refractivity contribution in [3.05, 3.63) is 84.1 Å². The highest BCUT2D eigenvalue weighted by Crippen LogP contribution is 2.31. The van der Waals surface area contributed by atoms with E-state index in [9.17, 15) is 9.18 Å². The molecule has 5 aromatic rings. The van der Waals surface area contributed by atoms with Crippen LogP contribution < -0.4 is 5.32 Å². The number of hydrogen-bond acceptors (Lipinski definition) is 4. The van der Waals surface area contributed by atoms with Gasteiger partial charge in [-0.2, -0.15) is 0 Å². The van der Waals surface area contributed by atoms with Crippen molar-refractivity contribution in [1.29, 1.82) is 0 Å². The molecule has 2 aromatic carbocycles. The SMILES string of the molecule is Cc1ccc2nc(-c3ccc(NC(=O)Cc4cn5cc(F)ccc5n4)cc3)sc2c1. The average Bonchev–Trinajstić information content (AvgIpc) is 3.31. The molecule has 0 spiro atoms. The Labute approximate surface area is 175 Å². The van der Waals surface area contributed by atoms with Crippen molar-refractivity contribution in [3.8, 4) is 10.6 Å². The Morgan fingerprint density at radius 2 is 1.90 bits per heavy atom. The van der Waals surface area contributed by atoms with Gasteiger partial charge < -0.3 is 9.72 Å². The molecule has 5 rings (SSSR count). The molecule has 0 saturated carbocycles. The van der Waals surface area contributed by atoms with Gasteiger partial charge in [0.25, 0.3) is 0 Å². The fraction of sp³-hybridized carbons (Fsp3) is 0.0870. The second-order valence-corrected chi connectivity index (χ2v) is 8.17. The Morgan fingerprint density at radius 1 is 1.07 bits per heavy atom. The van der Waals surface area contributed by atoms with E-state index in [4.69, 9.17) is 4.98 Å². The predicted molar refractivity (Wildman–Crippen MR) is 117 cm³/mol. The van der Waals surface area contributed by atoms with E-state index in [1.54, 1.807) is 28.0 Å². The van der Waals surface area contributed by atoms with Gasteiger partial charge in [-0.05, 0) is 61.0 Å². The first-order valence-electron chi connectivity index (χ1n) is 9.44. The van der Waals surface area contributed by atoms with E-state index >= 15 is 0 Å². The maximum Gasteiger partial charge on any atom is 0.230 e. The summed E-state index contributed by atoms with van der Waals surface area (Å²) in [6, 6.07) is 16.8. The molecule has 1 amide bonds. The van der Waals surface area contributed by atoms with E-state index in [2.05, 4.69) is 29.4 Å². The van der Waals surface area contributed by atoms with Crippen LogP contribution in [0.1, 0.15) is 11.3 Å². The molecule has 0 aliphatic rings. The zero-order valence-electron chi connectivity index (χ0n) is 16.1. The van der Waals surface area contributed by atoms with Crippen LogP contribution in [-0.2, 0) is 11.2 Å². The predicted octanol–water partition coefficient (Wildman–Crippen LogP) is 5.24. The summed E-state index contributed by atoms with van der Waals surface area (Å²) >= 11 is 1.65. The number of carbonyl (C=O) groups is 1. The summed E-state index contributed by atoms with van der Waals surface area (Å²) in [5.41, 5.74) is 5.11. The van der Waals surface area contributed by atoms with Gasteiger partial charge in [0.05, 0.1) is 22.3 Å². The van der Waals surface area contributed by atoms with Gasteiger partial charge in [0, 0.05) is 23.6 Å². The van der Waals surface area contributed by atoms with Crippen LogP contribution in [0, 0.1) is 12.7 Å². The molecule has 1 N–H and O–H groups in total. The molecular weight excluding hydrogens is 399 g/mol. The topological polar surface area (TPSA) is 59.3 Å². The number of carbonyl (C=O) groups excluding carboxylic acids is 1. The number of imidazole rings is 1. The summed E-state index contributed by atoms with van der Waals surface area (Å²) in [5, 5.41) is 3.83. The van der Waals surface area contributed by atoms with Crippen LogP contribution in [0.3, 0.4) is 0 Å². The maximum absolute atomic E-state index is 13.3. The van der Waals surface area contributed by atoms with Gasteiger partial charge in [0.15, 0.2) is 0 Å². The number of halogens is 1. The Kier molecular flexibility index (Phi) is 4.52. The Balaban J connectivity index is 1.29. The summed E-state index contributed by atoms with van der Waals surface area (Å²) in [6.45, 7) is 2.07. The molecule has 0 aliphatic carbocycles. The van der Waals surface area contributed by atoms with Crippen molar-refractivity contribution in [2.75, 3.05) is 5.32 Å². The third kappa shape index (κ3) is 3.67. The van der Waals surface area contributed by atoms with Gasteiger partial charge in [-0.3, -0.25) is 4.79 Å². The maximum atomic E-state index is 13.3. The number of nitrogens with zero attached hydrogens (tertiary/aromatic N) is 3. The van der Waals surface area contributed by atoms with Gasteiger partial charge in [0.1, 0.15) is 16.5 Å². The zero-order valence-corrected chi connectivity index (χ0v) is 16.9. The van der Waals surface area contributed by atoms with Crippen molar-refractivity contribution in [2.24, 2.45) is 0 Å². The smallest absolute Gasteiger partial charge is 0.230 e. The number of amides is 1. The van der Waals surface area contributed by atoms with Crippen LogP contribution in [0.2, 0.25) is 0 Å². The standard InChI is InChI=1S/C23H17FN4OS/c1-14-2-8-19-20(10-14)30-23(27-19)15-3-6-17(7-4-15)26-22(29)11-18-13-28-12-16(24)5-9-21(28)25-18/h2-10,12-13H,11H2,1H3,(H,26,29). The van der Waals surface area contributed by atoms with Crippen LogP contribution in [0.15, 0.2) is 67.0 Å². The van der Waals surface area contributed by atoms with E-state index in [0.717, 1.165) is 20.8 Å². The molecule has 3 heterocycles. The van der Waals surface area contributed by atoms with Crippen molar-refractivity contribution < 1.29 is 9.18 Å². The lowest BCUT2D eigenvalue weighted by Crippen LogP contribution is -2.14. The third-order valence-corrected chi connectivity index (χ3v) is 5.83. The number of pyridine rings is 1. The molecule has 148 valence electrons. The van der Waals surface area contributed by atoms with E-state index < -0.39 is 0 Å². The second kappa shape index (κ2) is 7.35. The fourth-order valence-electron chi connectivity index (χ4n) is 3.32. The normalized spacial score (nSPS) is 11.3. The molecule has 3 aromatic heterocycles. The van der Waals surface area contributed by atoms with E-state index in [-0.39, 0.29) is 18.1 Å². The monoisotopic (exact) mass is 416 g/mol. The molecule has 0 radical (unpaired) electrons. The van der Waals surface area contributed by atoms with Crippen molar-refractivity contribution in [1.82, 2.24) is 14.4 Å². The lowest BCUT2D eigenvalue weighted by molar-refractivity contribution is -0.115. The number of aromatic nitrogens is 3. The molecule has 0 saturated heterocycles. The first-order chi connectivity index (χ1) is 14.5. The van der Waals surface area contributed by atoms with Crippen molar-refractivity contribution in [2.45, 2.75) is 13.3 Å². The highest BCUT2D eigenvalue weighted by molar-refractivity contribution is 7.21. The summed E-state index contributed by atoms with van der Waals surface area (Å²) in [7, 11) is 0. The Hall–Kier alpha value is -3.58. The van der Waals surface area contributed by atoms with Crippen LogP contribution in [0.25, 0.3) is 26.4 Å². The van der Waals surface area contributed by atoms with Crippen LogP contribution >= 0.6 is 11.3 Å². The van der Waals surface area contributed by atoms with Gasteiger partial charge in [-0.25, -0.2) is 14.4 Å². The van der Waals surface area contributed by atoms with Crippen LogP contribution in [0.4, 0.5) is 10.1 Å². The van der Waals surface area contributed by atoms with Gasteiger partial charge in [-0.1, -0.05) is 6.07 Å². The molecule has 5 nitrogen and oxygen atoms in total. The highest BCUT2D eigenvalue weighted by atomic mass is 32.1. The Morgan fingerprint density at radius 3 is 2.73 bits per heavy atom. The zero-order chi connectivity index (χ0) is 20.7. The number of thiazole rings is 1. The second-order valence-electron chi connectivity index (χ2n) is 7.14.